The molecule has 0 bridgehead atoms. The van der Waals surface area contributed by atoms with Gasteiger partial charge in [-0.2, -0.15) is 9.67 Å². The number of rotatable bonds is 3. The van der Waals surface area contributed by atoms with Crippen LogP contribution in [0.1, 0.15) is 0 Å². The van der Waals surface area contributed by atoms with Gasteiger partial charge in [0.1, 0.15) is 0 Å². The monoisotopic (exact) mass is 259 g/mol. The lowest BCUT2D eigenvalue weighted by molar-refractivity contribution is 0.379. The first-order valence-corrected chi connectivity index (χ1v) is 6.40. The Hall–Kier alpha value is -2.08. The van der Waals surface area contributed by atoms with Crippen LogP contribution in [0.3, 0.4) is 0 Å². The number of para-hydroxylation sites is 1. The molecule has 0 unspecified atom stereocenters. The van der Waals surface area contributed by atoms with E-state index in [2.05, 4.69) is 20.3 Å². The maximum Gasteiger partial charge on any atom is 0.337 e. The summed E-state index contributed by atoms with van der Waals surface area (Å²) >= 11 is 0. The van der Waals surface area contributed by atoms with Crippen LogP contribution in [0, 0.1) is 0 Å². The Bertz CT molecular complexity index is 533. The molecule has 1 aliphatic heterocycles. The summed E-state index contributed by atoms with van der Waals surface area (Å²) in [4.78, 5) is 6.68. The Morgan fingerprint density at radius 1 is 1.16 bits per heavy atom. The van der Waals surface area contributed by atoms with Crippen molar-refractivity contribution in [1.29, 1.82) is 0 Å². The number of aromatic nitrogens is 3. The predicted octanol–water partition coefficient (Wildman–Crippen LogP) is 0.685. The summed E-state index contributed by atoms with van der Waals surface area (Å²) < 4.78 is 7.00. The molecule has 1 aromatic carbocycles. The molecule has 19 heavy (non-hydrogen) atoms. The van der Waals surface area contributed by atoms with Crippen molar-refractivity contribution in [2.75, 3.05) is 38.2 Å². The fraction of sp³-hybridized carbons (Fsp3) is 0.385. The van der Waals surface area contributed by atoms with E-state index < -0.39 is 0 Å². The van der Waals surface area contributed by atoms with Crippen LogP contribution in [0.2, 0.25) is 0 Å². The minimum Gasteiger partial charge on any atom is -0.466 e. The van der Waals surface area contributed by atoms with Gasteiger partial charge in [0.15, 0.2) is 0 Å². The summed E-state index contributed by atoms with van der Waals surface area (Å²) in [6.07, 6.45) is 0. The van der Waals surface area contributed by atoms with E-state index in [0.717, 1.165) is 37.8 Å². The second-order valence-corrected chi connectivity index (χ2v) is 4.38. The molecule has 100 valence electrons. The van der Waals surface area contributed by atoms with Crippen molar-refractivity contribution in [2.45, 2.75) is 0 Å². The normalized spacial score (nSPS) is 15.5. The summed E-state index contributed by atoms with van der Waals surface area (Å²) in [5.41, 5.74) is 0.992. The maximum absolute atomic E-state index is 5.16. The molecule has 6 heteroatoms. The summed E-state index contributed by atoms with van der Waals surface area (Å²) in [6.45, 7) is 3.78. The largest absolute Gasteiger partial charge is 0.466 e. The molecule has 0 amide bonds. The van der Waals surface area contributed by atoms with Gasteiger partial charge in [0, 0.05) is 26.2 Å². The molecule has 0 saturated carbocycles. The van der Waals surface area contributed by atoms with E-state index in [4.69, 9.17) is 4.74 Å². The number of anilines is 1. The van der Waals surface area contributed by atoms with Crippen LogP contribution in [0.4, 0.5) is 5.95 Å². The predicted molar refractivity (Wildman–Crippen MR) is 73.0 cm³/mol. The molecule has 1 fully saturated rings. The summed E-state index contributed by atoms with van der Waals surface area (Å²) in [5, 5.41) is 7.73. The smallest absolute Gasteiger partial charge is 0.337 e. The fourth-order valence-corrected chi connectivity index (χ4v) is 2.18. The molecule has 0 atom stereocenters. The van der Waals surface area contributed by atoms with E-state index >= 15 is 0 Å². The van der Waals surface area contributed by atoms with Gasteiger partial charge in [-0.1, -0.05) is 18.2 Å². The van der Waals surface area contributed by atoms with Gasteiger partial charge < -0.3 is 15.0 Å². The highest BCUT2D eigenvalue weighted by Gasteiger charge is 2.19. The second-order valence-electron chi connectivity index (χ2n) is 4.38. The van der Waals surface area contributed by atoms with Gasteiger partial charge in [-0.3, -0.25) is 0 Å². The van der Waals surface area contributed by atoms with Gasteiger partial charge in [0.2, 0.25) is 5.95 Å². The maximum atomic E-state index is 5.16. The zero-order valence-electron chi connectivity index (χ0n) is 10.9. The first kappa shape index (κ1) is 12.0. The first-order chi connectivity index (χ1) is 9.38. The van der Waals surface area contributed by atoms with Gasteiger partial charge in [-0.15, -0.1) is 5.10 Å². The zero-order chi connectivity index (χ0) is 13.1. The fourth-order valence-electron chi connectivity index (χ4n) is 2.18. The third kappa shape index (κ3) is 2.39. The third-order valence-electron chi connectivity index (χ3n) is 3.15. The number of ether oxygens (including phenoxy) is 1. The van der Waals surface area contributed by atoms with Gasteiger partial charge in [0.25, 0.3) is 0 Å². The van der Waals surface area contributed by atoms with E-state index in [0.29, 0.717) is 6.01 Å². The van der Waals surface area contributed by atoms with Crippen molar-refractivity contribution in [3.05, 3.63) is 30.3 Å². The number of hydrogen-bond acceptors (Lipinski definition) is 5. The van der Waals surface area contributed by atoms with E-state index in [-0.39, 0.29) is 0 Å². The summed E-state index contributed by atoms with van der Waals surface area (Å²) in [5.74, 6) is 0.838. The van der Waals surface area contributed by atoms with E-state index in [9.17, 15) is 0 Å². The summed E-state index contributed by atoms with van der Waals surface area (Å²) in [7, 11) is 1.59. The molecular weight excluding hydrogens is 242 g/mol. The third-order valence-corrected chi connectivity index (χ3v) is 3.15. The molecule has 1 saturated heterocycles. The summed E-state index contributed by atoms with van der Waals surface area (Å²) in [6, 6.07) is 10.4. The molecule has 1 aliphatic rings. The Morgan fingerprint density at radius 3 is 2.58 bits per heavy atom. The molecule has 6 nitrogen and oxygen atoms in total. The second kappa shape index (κ2) is 5.27. The molecule has 1 N–H and O–H groups in total. The van der Waals surface area contributed by atoms with Crippen LogP contribution in [-0.4, -0.2) is 48.1 Å². The number of nitrogens with one attached hydrogen (secondary N) is 1. The van der Waals surface area contributed by atoms with E-state index in [1.165, 1.54) is 0 Å². The molecule has 3 rings (SSSR count). The molecule has 0 aliphatic carbocycles. The Morgan fingerprint density at radius 2 is 1.89 bits per heavy atom. The number of benzene rings is 1. The van der Waals surface area contributed by atoms with E-state index in [1.54, 1.807) is 7.11 Å². The molecule has 2 aromatic rings. The van der Waals surface area contributed by atoms with Gasteiger partial charge >= 0.3 is 6.01 Å². The van der Waals surface area contributed by atoms with Crippen molar-refractivity contribution in [3.8, 4) is 11.7 Å². The minimum absolute atomic E-state index is 0.400. The standard InChI is InChI=1S/C13H17N5O/c1-19-12-15-13(17-9-7-14-8-10-17)18(16-12)11-5-3-2-4-6-11/h2-6,14H,7-10H2,1H3. The lowest BCUT2D eigenvalue weighted by atomic mass is 10.3. The van der Waals surface area contributed by atoms with Crippen LogP contribution in [0.25, 0.3) is 5.69 Å². The van der Waals surface area contributed by atoms with Crippen molar-refractivity contribution in [1.82, 2.24) is 20.1 Å². The average Bonchev–Trinajstić information content (AvgIpc) is 2.93. The molecule has 0 radical (unpaired) electrons. The Labute approximate surface area is 112 Å². The van der Waals surface area contributed by atoms with Crippen molar-refractivity contribution in [3.63, 3.8) is 0 Å². The molecule has 0 spiro atoms. The lowest BCUT2D eigenvalue weighted by Crippen LogP contribution is -2.44. The highest BCUT2D eigenvalue weighted by atomic mass is 16.5. The Kier molecular flexibility index (Phi) is 3.33. The van der Waals surface area contributed by atoms with Crippen LogP contribution in [0.15, 0.2) is 30.3 Å². The number of hydrogen-bond donors (Lipinski definition) is 1. The molecule has 1 aromatic heterocycles. The number of piperazine rings is 1. The van der Waals surface area contributed by atoms with Crippen molar-refractivity contribution < 1.29 is 4.74 Å². The van der Waals surface area contributed by atoms with Crippen LogP contribution in [-0.2, 0) is 0 Å². The SMILES string of the molecule is COc1nc(N2CCNCC2)n(-c2ccccc2)n1. The molecular formula is C13H17N5O. The highest BCUT2D eigenvalue weighted by molar-refractivity contribution is 5.43. The zero-order valence-corrected chi connectivity index (χ0v) is 10.9. The number of nitrogens with zero attached hydrogens (tertiary/aromatic N) is 4. The minimum atomic E-state index is 0.400. The quantitative estimate of drug-likeness (QED) is 0.878. The molecule has 2 heterocycles. The Balaban J connectivity index is 2.00. The average molecular weight is 259 g/mol. The van der Waals surface area contributed by atoms with Crippen LogP contribution < -0.4 is 15.0 Å². The van der Waals surface area contributed by atoms with Crippen LogP contribution in [0.5, 0.6) is 6.01 Å². The van der Waals surface area contributed by atoms with E-state index in [1.807, 2.05) is 35.0 Å². The van der Waals surface area contributed by atoms with Crippen molar-refractivity contribution >= 4 is 5.95 Å². The van der Waals surface area contributed by atoms with Gasteiger partial charge in [-0.05, 0) is 12.1 Å². The lowest BCUT2D eigenvalue weighted by Gasteiger charge is -2.27. The first-order valence-electron chi connectivity index (χ1n) is 6.40. The van der Waals surface area contributed by atoms with Crippen LogP contribution >= 0.6 is 0 Å². The number of methoxy groups -OCH3 is 1. The van der Waals surface area contributed by atoms with Crippen molar-refractivity contribution in [2.24, 2.45) is 0 Å². The highest BCUT2D eigenvalue weighted by Crippen LogP contribution is 2.20. The topological polar surface area (TPSA) is 55.2 Å². The van der Waals surface area contributed by atoms with Gasteiger partial charge in [0.05, 0.1) is 12.8 Å². The van der Waals surface area contributed by atoms with Gasteiger partial charge in [-0.25, -0.2) is 0 Å².